The summed E-state index contributed by atoms with van der Waals surface area (Å²) in [5, 5.41) is 12.0. The van der Waals surface area contributed by atoms with Gasteiger partial charge in [0.1, 0.15) is 13.1 Å². The Morgan fingerprint density at radius 1 is 1.03 bits per heavy atom. The minimum absolute atomic E-state index is 0.118. The van der Waals surface area contributed by atoms with Crippen LogP contribution in [0, 0.1) is 12.8 Å². The van der Waals surface area contributed by atoms with E-state index in [1.54, 1.807) is 6.20 Å². The molecular weight excluding hydrogens is 424 g/mol. The first-order chi connectivity index (χ1) is 16.4. The zero-order valence-corrected chi connectivity index (χ0v) is 20.9. The van der Waals surface area contributed by atoms with Crippen molar-refractivity contribution in [2.45, 2.75) is 57.8 Å². The average molecular weight is 464 g/mol. The summed E-state index contributed by atoms with van der Waals surface area (Å²) in [6.45, 7) is 4.93. The van der Waals surface area contributed by atoms with E-state index in [2.05, 4.69) is 50.3 Å². The largest absolute Gasteiger partial charge is 0.436 e. The highest BCUT2D eigenvalue weighted by Crippen LogP contribution is 2.43. The number of benzene rings is 2. The Morgan fingerprint density at radius 3 is 2.44 bits per heavy atom. The van der Waals surface area contributed by atoms with Gasteiger partial charge in [0, 0.05) is 5.92 Å². The van der Waals surface area contributed by atoms with Gasteiger partial charge in [0.05, 0.1) is 33.5 Å². The molecule has 5 nitrogen and oxygen atoms in total. The number of quaternary nitrogens is 1. The summed E-state index contributed by atoms with van der Waals surface area (Å²) in [7, 11) is 4.34. The number of oxazole rings is 1. The molecule has 1 unspecified atom stereocenters. The van der Waals surface area contributed by atoms with Gasteiger partial charge < -0.3 is 18.7 Å². The van der Waals surface area contributed by atoms with Crippen molar-refractivity contribution in [3.63, 3.8) is 0 Å². The highest BCUT2D eigenvalue weighted by atomic mass is 16.5. The van der Waals surface area contributed by atoms with Crippen molar-refractivity contribution in [2.24, 2.45) is 5.92 Å². The van der Waals surface area contributed by atoms with E-state index in [9.17, 15) is 5.11 Å². The molecule has 0 radical (unpaired) electrons. The molecule has 1 heterocycles. The van der Waals surface area contributed by atoms with E-state index >= 15 is 0 Å². The predicted molar refractivity (Wildman–Crippen MR) is 134 cm³/mol. The highest BCUT2D eigenvalue weighted by molar-refractivity contribution is 5.30. The highest BCUT2D eigenvalue weighted by Gasteiger charge is 2.44. The molecule has 0 amide bonds. The number of ether oxygens (including phenoxy) is 1. The van der Waals surface area contributed by atoms with E-state index < -0.39 is 5.60 Å². The number of rotatable bonds is 10. The lowest BCUT2D eigenvalue weighted by Gasteiger charge is -2.36. The molecule has 1 N–H and O–H groups in total. The fourth-order valence-corrected chi connectivity index (χ4v) is 4.99. The minimum atomic E-state index is -1.19. The van der Waals surface area contributed by atoms with Crippen LogP contribution in [-0.4, -0.2) is 41.8 Å². The van der Waals surface area contributed by atoms with Crippen molar-refractivity contribution in [3.8, 4) is 0 Å². The number of nitrogens with zero attached hydrogens (tertiary/aromatic N) is 2. The normalized spacial score (nSPS) is 16.9. The van der Waals surface area contributed by atoms with Crippen molar-refractivity contribution in [3.05, 3.63) is 89.1 Å². The number of likely N-dealkylation sites (N-methyl/N-ethyl adjacent to an activating group) is 1. The molecule has 1 fully saturated rings. The lowest BCUT2D eigenvalue weighted by molar-refractivity contribution is -0.905. The van der Waals surface area contributed by atoms with E-state index in [1.165, 1.54) is 17.5 Å². The van der Waals surface area contributed by atoms with E-state index in [4.69, 9.17) is 9.15 Å². The van der Waals surface area contributed by atoms with Crippen molar-refractivity contribution in [1.82, 2.24) is 4.98 Å². The Kier molecular flexibility index (Phi) is 7.87. The van der Waals surface area contributed by atoms with Crippen LogP contribution in [0.3, 0.4) is 0 Å². The maximum Gasteiger partial charge on any atom is 0.231 e. The van der Waals surface area contributed by atoms with Crippen LogP contribution < -0.4 is 0 Å². The van der Waals surface area contributed by atoms with Gasteiger partial charge in [-0.1, -0.05) is 79.4 Å². The predicted octanol–water partition coefficient (Wildman–Crippen LogP) is 5.59. The van der Waals surface area contributed by atoms with Crippen LogP contribution in [0.5, 0.6) is 0 Å². The van der Waals surface area contributed by atoms with Gasteiger partial charge in [0.15, 0.2) is 11.4 Å². The van der Waals surface area contributed by atoms with Gasteiger partial charge in [0.25, 0.3) is 0 Å². The Hall–Kier alpha value is -2.47. The van der Waals surface area contributed by atoms with Crippen LogP contribution >= 0.6 is 0 Å². The van der Waals surface area contributed by atoms with Crippen LogP contribution in [0.15, 0.2) is 65.2 Å². The Bertz CT molecular complexity index is 1020. The number of aliphatic hydroxyl groups is 1. The standard InChI is InChI=1S/C29H39N2O3/c1-23-14-16-24(17-15-23)22-33-19-18-31(2,3)21-27-20-30-28(34-27)29(32,25-10-6-4-7-11-25)26-12-8-5-9-13-26/h4,6-7,10-11,14-17,20,26,32H,5,8-9,12-13,18-19,21-22H2,1-3H3/q+1. The zero-order chi connectivity index (χ0) is 24.0. The molecule has 2 aromatic carbocycles. The second kappa shape index (κ2) is 10.9. The van der Waals surface area contributed by atoms with Gasteiger partial charge in [-0.05, 0) is 30.9 Å². The summed E-state index contributed by atoms with van der Waals surface area (Å²) < 4.78 is 12.9. The molecule has 1 aromatic heterocycles. The number of hydrogen-bond acceptors (Lipinski definition) is 4. The summed E-state index contributed by atoms with van der Waals surface area (Å²) in [6, 6.07) is 18.4. The van der Waals surface area contributed by atoms with Crippen LogP contribution in [0.1, 0.15) is 60.4 Å². The molecule has 34 heavy (non-hydrogen) atoms. The fourth-order valence-electron chi connectivity index (χ4n) is 4.99. The Morgan fingerprint density at radius 2 is 1.74 bits per heavy atom. The van der Waals surface area contributed by atoms with Gasteiger partial charge in [0.2, 0.25) is 5.89 Å². The zero-order valence-electron chi connectivity index (χ0n) is 20.9. The van der Waals surface area contributed by atoms with Crippen molar-refractivity contribution in [2.75, 3.05) is 27.2 Å². The molecule has 4 rings (SSSR count). The van der Waals surface area contributed by atoms with Gasteiger partial charge >= 0.3 is 0 Å². The second-order valence-electron chi connectivity index (χ2n) is 10.5. The maximum atomic E-state index is 12.0. The van der Waals surface area contributed by atoms with Crippen molar-refractivity contribution >= 4 is 0 Å². The number of aromatic nitrogens is 1. The average Bonchev–Trinajstić information content (AvgIpc) is 3.32. The topological polar surface area (TPSA) is 55.5 Å². The van der Waals surface area contributed by atoms with Crippen molar-refractivity contribution in [1.29, 1.82) is 0 Å². The first-order valence-corrected chi connectivity index (χ1v) is 12.6. The SMILES string of the molecule is Cc1ccc(COCC[N+](C)(C)Cc2cnc(C(O)(c3ccccc3)C3CCCCC3)o2)cc1. The number of aryl methyl sites for hydroxylation is 1. The van der Waals surface area contributed by atoms with Gasteiger partial charge in [-0.15, -0.1) is 0 Å². The first kappa shape index (κ1) is 24.6. The Balaban J connectivity index is 1.40. The molecule has 0 spiro atoms. The molecular formula is C29H39N2O3+. The van der Waals surface area contributed by atoms with Crippen molar-refractivity contribution < 1.29 is 18.7 Å². The molecule has 182 valence electrons. The summed E-state index contributed by atoms with van der Waals surface area (Å²) in [5.74, 6) is 1.34. The molecule has 0 bridgehead atoms. The molecule has 1 aliphatic carbocycles. The van der Waals surface area contributed by atoms with Crippen LogP contribution in [-0.2, 0) is 23.5 Å². The van der Waals surface area contributed by atoms with E-state index in [0.717, 1.165) is 48.0 Å². The molecule has 5 heteroatoms. The monoisotopic (exact) mass is 463 g/mol. The fraction of sp³-hybridized carbons (Fsp3) is 0.483. The lowest BCUT2D eigenvalue weighted by Crippen LogP contribution is -2.41. The molecule has 1 saturated carbocycles. The third kappa shape index (κ3) is 5.96. The van der Waals surface area contributed by atoms with Crippen LogP contribution in [0.4, 0.5) is 0 Å². The maximum absolute atomic E-state index is 12.0. The lowest BCUT2D eigenvalue weighted by atomic mass is 9.73. The van der Waals surface area contributed by atoms with Crippen LogP contribution in [0.25, 0.3) is 0 Å². The van der Waals surface area contributed by atoms with E-state index in [-0.39, 0.29) is 5.92 Å². The molecule has 1 aliphatic rings. The minimum Gasteiger partial charge on any atom is -0.436 e. The summed E-state index contributed by atoms with van der Waals surface area (Å²) >= 11 is 0. The summed E-state index contributed by atoms with van der Waals surface area (Å²) in [6.07, 6.45) is 7.28. The van der Waals surface area contributed by atoms with Gasteiger partial charge in [-0.3, -0.25) is 0 Å². The Labute approximate surface area is 204 Å². The molecule has 0 aliphatic heterocycles. The van der Waals surface area contributed by atoms with E-state index in [0.29, 0.717) is 25.6 Å². The smallest absolute Gasteiger partial charge is 0.231 e. The third-order valence-corrected chi connectivity index (χ3v) is 7.10. The summed E-state index contributed by atoms with van der Waals surface area (Å²) in [4.78, 5) is 4.61. The summed E-state index contributed by atoms with van der Waals surface area (Å²) in [5.41, 5.74) is 2.14. The molecule has 3 aromatic rings. The second-order valence-corrected chi connectivity index (χ2v) is 10.5. The number of hydrogen-bond donors (Lipinski definition) is 1. The first-order valence-electron chi connectivity index (χ1n) is 12.6. The third-order valence-electron chi connectivity index (χ3n) is 7.10. The van der Waals surface area contributed by atoms with Gasteiger partial charge in [-0.25, -0.2) is 4.98 Å². The van der Waals surface area contributed by atoms with Crippen LogP contribution in [0.2, 0.25) is 0 Å². The van der Waals surface area contributed by atoms with Gasteiger partial charge in [-0.2, -0.15) is 0 Å². The quantitative estimate of drug-likeness (QED) is 0.314. The van der Waals surface area contributed by atoms with E-state index in [1.807, 2.05) is 30.3 Å². The molecule has 0 saturated heterocycles. The molecule has 1 atom stereocenters.